The van der Waals surface area contributed by atoms with Gasteiger partial charge < -0.3 is 4.52 Å². The molecule has 136 valence electrons. The SMILES string of the molecule is Cc1cc(CSc2nnc(Cc3ccccc3)n2-c2ccc(Cl)cc2)no1. The molecule has 4 rings (SSSR count). The van der Waals surface area contributed by atoms with Gasteiger partial charge in [-0.3, -0.25) is 4.57 Å². The van der Waals surface area contributed by atoms with Crippen LogP contribution in [-0.2, 0) is 12.2 Å². The van der Waals surface area contributed by atoms with Gasteiger partial charge in [-0.05, 0) is 36.8 Å². The summed E-state index contributed by atoms with van der Waals surface area (Å²) in [5.41, 5.74) is 3.05. The van der Waals surface area contributed by atoms with Crippen molar-refractivity contribution in [3.63, 3.8) is 0 Å². The normalized spacial score (nSPS) is 11.0. The minimum absolute atomic E-state index is 0.661. The standard InChI is InChI=1S/C20H17ClN4OS/c1-14-11-17(24-26-14)13-27-20-23-22-19(12-15-5-3-2-4-6-15)25(20)18-9-7-16(21)8-10-18/h2-11H,12-13H2,1H3. The fraction of sp³-hybridized carbons (Fsp3) is 0.150. The van der Waals surface area contributed by atoms with Gasteiger partial charge in [0.2, 0.25) is 0 Å². The quantitative estimate of drug-likeness (QED) is 0.424. The van der Waals surface area contributed by atoms with Crippen LogP contribution in [0.15, 0.2) is 70.3 Å². The molecule has 0 atom stereocenters. The van der Waals surface area contributed by atoms with Gasteiger partial charge in [0.15, 0.2) is 5.16 Å². The molecule has 2 aromatic carbocycles. The van der Waals surface area contributed by atoms with E-state index in [2.05, 4.69) is 32.1 Å². The van der Waals surface area contributed by atoms with Crippen molar-refractivity contribution in [2.75, 3.05) is 0 Å². The molecule has 0 saturated heterocycles. The van der Waals surface area contributed by atoms with Crippen LogP contribution in [0.3, 0.4) is 0 Å². The van der Waals surface area contributed by atoms with Crippen LogP contribution in [0, 0.1) is 6.92 Å². The maximum Gasteiger partial charge on any atom is 0.196 e. The van der Waals surface area contributed by atoms with Gasteiger partial charge in [-0.1, -0.05) is 58.9 Å². The molecular formula is C20H17ClN4OS. The zero-order valence-corrected chi connectivity index (χ0v) is 16.2. The summed E-state index contributed by atoms with van der Waals surface area (Å²) < 4.78 is 7.21. The lowest BCUT2D eigenvalue weighted by Gasteiger charge is -2.10. The van der Waals surface area contributed by atoms with Gasteiger partial charge in [0.1, 0.15) is 11.6 Å². The van der Waals surface area contributed by atoms with E-state index in [-0.39, 0.29) is 0 Å². The van der Waals surface area contributed by atoms with Gasteiger partial charge in [-0.2, -0.15) is 0 Å². The molecule has 7 heteroatoms. The molecule has 0 amide bonds. The Balaban J connectivity index is 1.66. The van der Waals surface area contributed by atoms with Gasteiger partial charge >= 0.3 is 0 Å². The van der Waals surface area contributed by atoms with E-state index in [1.54, 1.807) is 11.8 Å². The molecule has 0 saturated carbocycles. The van der Waals surface area contributed by atoms with Crippen molar-refractivity contribution >= 4 is 23.4 Å². The first-order valence-corrected chi connectivity index (χ1v) is 9.84. The summed E-state index contributed by atoms with van der Waals surface area (Å²) >= 11 is 7.64. The zero-order valence-electron chi connectivity index (χ0n) is 14.7. The third-order valence-electron chi connectivity index (χ3n) is 4.02. The Hall–Kier alpha value is -2.57. The Morgan fingerprint density at radius 1 is 1.04 bits per heavy atom. The monoisotopic (exact) mass is 396 g/mol. The van der Waals surface area contributed by atoms with Crippen LogP contribution in [0.25, 0.3) is 5.69 Å². The summed E-state index contributed by atoms with van der Waals surface area (Å²) in [4.78, 5) is 0. The van der Waals surface area contributed by atoms with Crippen LogP contribution in [0.4, 0.5) is 0 Å². The summed E-state index contributed by atoms with van der Waals surface area (Å²) in [6.07, 6.45) is 0.695. The fourth-order valence-electron chi connectivity index (χ4n) is 2.76. The van der Waals surface area contributed by atoms with E-state index < -0.39 is 0 Å². The molecule has 0 aliphatic heterocycles. The lowest BCUT2D eigenvalue weighted by atomic mass is 10.1. The Kier molecular flexibility index (Phi) is 5.27. The maximum atomic E-state index is 6.06. The van der Waals surface area contributed by atoms with Crippen molar-refractivity contribution < 1.29 is 4.52 Å². The molecular weight excluding hydrogens is 380 g/mol. The van der Waals surface area contributed by atoms with Crippen molar-refractivity contribution in [1.82, 2.24) is 19.9 Å². The highest BCUT2D eigenvalue weighted by atomic mass is 35.5. The maximum absolute atomic E-state index is 6.06. The minimum atomic E-state index is 0.661. The van der Waals surface area contributed by atoms with E-state index in [1.165, 1.54) is 5.56 Å². The van der Waals surface area contributed by atoms with Crippen molar-refractivity contribution in [3.05, 3.63) is 88.5 Å². The average molecular weight is 397 g/mol. The number of aromatic nitrogens is 4. The Labute approximate surface area is 166 Å². The summed E-state index contributed by atoms with van der Waals surface area (Å²) in [6, 6.07) is 19.9. The number of thioether (sulfide) groups is 1. The third kappa shape index (κ3) is 4.23. The van der Waals surface area contributed by atoms with Crippen LogP contribution >= 0.6 is 23.4 Å². The van der Waals surface area contributed by atoms with Gasteiger partial charge in [0.05, 0.1) is 5.69 Å². The molecule has 0 spiro atoms. The molecule has 0 radical (unpaired) electrons. The van der Waals surface area contributed by atoms with Gasteiger partial charge in [0.25, 0.3) is 0 Å². The number of hydrogen-bond donors (Lipinski definition) is 0. The number of nitrogens with zero attached hydrogens (tertiary/aromatic N) is 4. The molecule has 0 unspecified atom stereocenters. The highest BCUT2D eigenvalue weighted by molar-refractivity contribution is 7.98. The average Bonchev–Trinajstić information content (AvgIpc) is 3.28. The minimum Gasteiger partial charge on any atom is -0.361 e. The summed E-state index contributed by atoms with van der Waals surface area (Å²) in [7, 11) is 0. The number of aryl methyl sites for hydroxylation is 1. The van der Waals surface area contributed by atoms with E-state index in [0.717, 1.165) is 28.1 Å². The van der Waals surface area contributed by atoms with Gasteiger partial charge in [-0.15, -0.1) is 10.2 Å². The summed E-state index contributed by atoms with van der Waals surface area (Å²) in [5.74, 6) is 2.34. The Bertz CT molecular complexity index is 1030. The number of hydrogen-bond acceptors (Lipinski definition) is 5. The van der Waals surface area contributed by atoms with E-state index in [9.17, 15) is 0 Å². The van der Waals surface area contributed by atoms with Crippen molar-refractivity contribution in [2.45, 2.75) is 24.3 Å². The first-order valence-electron chi connectivity index (χ1n) is 8.48. The van der Waals surface area contributed by atoms with Crippen LogP contribution in [0.2, 0.25) is 5.02 Å². The van der Waals surface area contributed by atoms with Crippen LogP contribution in [-0.4, -0.2) is 19.9 Å². The molecule has 0 N–H and O–H groups in total. The molecule has 5 nitrogen and oxygen atoms in total. The second-order valence-electron chi connectivity index (χ2n) is 6.09. The second-order valence-corrected chi connectivity index (χ2v) is 7.47. The molecule has 2 heterocycles. The lowest BCUT2D eigenvalue weighted by molar-refractivity contribution is 0.393. The molecule has 4 aromatic rings. The third-order valence-corrected chi connectivity index (χ3v) is 5.23. The molecule has 0 aliphatic rings. The molecule has 27 heavy (non-hydrogen) atoms. The topological polar surface area (TPSA) is 56.7 Å². The van der Waals surface area contributed by atoms with Gasteiger partial charge in [-0.25, -0.2) is 0 Å². The smallest absolute Gasteiger partial charge is 0.196 e. The Morgan fingerprint density at radius 2 is 1.81 bits per heavy atom. The number of benzene rings is 2. The Morgan fingerprint density at radius 3 is 2.52 bits per heavy atom. The highest BCUT2D eigenvalue weighted by Gasteiger charge is 2.16. The van der Waals surface area contributed by atoms with Crippen LogP contribution in [0.5, 0.6) is 0 Å². The predicted molar refractivity (Wildman–Crippen MR) is 106 cm³/mol. The highest BCUT2D eigenvalue weighted by Crippen LogP contribution is 2.27. The lowest BCUT2D eigenvalue weighted by Crippen LogP contribution is -2.04. The van der Waals surface area contributed by atoms with E-state index in [0.29, 0.717) is 17.2 Å². The van der Waals surface area contributed by atoms with Gasteiger partial charge in [0, 0.05) is 29.0 Å². The largest absolute Gasteiger partial charge is 0.361 e. The fourth-order valence-corrected chi connectivity index (χ4v) is 3.74. The molecule has 0 aliphatic carbocycles. The van der Waals surface area contributed by atoms with Crippen LogP contribution < -0.4 is 0 Å². The van der Waals surface area contributed by atoms with E-state index in [1.807, 2.05) is 55.5 Å². The first-order chi connectivity index (χ1) is 13.2. The van der Waals surface area contributed by atoms with Crippen LogP contribution in [0.1, 0.15) is 22.8 Å². The van der Waals surface area contributed by atoms with Crippen molar-refractivity contribution in [3.8, 4) is 5.69 Å². The number of halogens is 1. The number of rotatable bonds is 6. The van der Waals surface area contributed by atoms with E-state index in [4.69, 9.17) is 16.1 Å². The zero-order chi connectivity index (χ0) is 18.6. The molecule has 0 fully saturated rings. The van der Waals surface area contributed by atoms with Crippen molar-refractivity contribution in [2.24, 2.45) is 0 Å². The molecule has 2 aromatic heterocycles. The second kappa shape index (κ2) is 7.98. The molecule has 0 bridgehead atoms. The summed E-state index contributed by atoms with van der Waals surface area (Å²) in [6.45, 7) is 1.88. The summed E-state index contributed by atoms with van der Waals surface area (Å²) in [5, 5.41) is 14.4. The first kappa shape index (κ1) is 17.8. The van der Waals surface area contributed by atoms with Crippen molar-refractivity contribution in [1.29, 1.82) is 0 Å². The van der Waals surface area contributed by atoms with E-state index >= 15 is 0 Å². The predicted octanol–water partition coefficient (Wildman–Crippen LogP) is 5.10.